The Morgan fingerprint density at radius 1 is 0.947 bits per heavy atom. The van der Waals surface area contributed by atoms with Crippen LogP contribution in [0, 0.1) is 5.92 Å². The van der Waals surface area contributed by atoms with Crippen LogP contribution in [0.2, 0.25) is 0 Å². The second kappa shape index (κ2) is 11.5. The zero-order valence-electron chi connectivity index (χ0n) is 21.9. The first-order chi connectivity index (χ1) is 18.5. The van der Waals surface area contributed by atoms with E-state index < -0.39 is 0 Å². The maximum absolute atomic E-state index is 12.7. The molecule has 8 nitrogen and oxygen atoms in total. The fraction of sp³-hybridized carbons (Fsp3) is 0.367. The monoisotopic (exact) mass is 514 g/mol. The summed E-state index contributed by atoms with van der Waals surface area (Å²) in [6, 6.07) is 20.7. The van der Waals surface area contributed by atoms with E-state index in [1.807, 2.05) is 31.2 Å². The first-order valence-electron chi connectivity index (χ1n) is 13.2. The molecule has 1 aromatic heterocycles. The number of nitrogens with zero attached hydrogens (tertiary/aromatic N) is 2. The number of ether oxygens (including phenoxy) is 2. The zero-order chi connectivity index (χ0) is 26.5. The van der Waals surface area contributed by atoms with Gasteiger partial charge in [0.1, 0.15) is 29.0 Å². The predicted octanol–water partition coefficient (Wildman–Crippen LogP) is 4.38. The largest absolute Gasteiger partial charge is 0.493 e. The highest BCUT2D eigenvalue weighted by molar-refractivity contribution is 5.96. The number of hydrogen-bond donors (Lipinski definition) is 2. The molecule has 1 saturated heterocycles. The van der Waals surface area contributed by atoms with E-state index in [4.69, 9.17) is 9.47 Å². The van der Waals surface area contributed by atoms with Crippen molar-refractivity contribution in [3.05, 3.63) is 83.7 Å². The van der Waals surface area contributed by atoms with Crippen LogP contribution in [-0.2, 0) is 0 Å². The number of carbonyl (C=O) groups is 2. The average Bonchev–Trinajstić information content (AvgIpc) is 3.68. The summed E-state index contributed by atoms with van der Waals surface area (Å²) in [5, 5.41) is 5.46. The van der Waals surface area contributed by atoms with Crippen LogP contribution in [0.3, 0.4) is 0 Å². The van der Waals surface area contributed by atoms with Crippen molar-refractivity contribution in [2.75, 3.05) is 31.6 Å². The molecule has 3 aromatic rings. The smallest absolute Gasteiger partial charge is 0.270 e. The molecule has 38 heavy (non-hydrogen) atoms. The molecule has 0 unspecified atom stereocenters. The summed E-state index contributed by atoms with van der Waals surface area (Å²) >= 11 is 0. The summed E-state index contributed by atoms with van der Waals surface area (Å²) in [5.74, 6) is 1.82. The van der Waals surface area contributed by atoms with Crippen molar-refractivity contribution in [1.82, 2.24) is 15.6 Å². The Balaban J connectivity index is 1.11. The number of benzene rings is 2. The molecule has 2 N–H and O–H groups in total. The average molecular weight is 515 g/mol. The summed E-state index contributed by atoms with van der Waals surface area (Å²) in [5.41, 5.74) is 2.54. The molecule has 1 saturated carbocycles. The van der Waals surface area contributed by atoms with Crippen molar-refractivity contribution in [2.24, 2.45) is 5.92 Å². The van der Waals surface area contributed by atoms with Crippen molar-refractivity contribution >= 4 is 17.5 Å². The van der Waals surface area contributed by atoms with Gasteiger partial charge in [-0.2, -0.15) is 0 Å². The molecule has 0 radical (unpaired) electrons. The van der Waals surface area contributed by atoms with Crippen molar-refractivity contribution < 1.29 is 19.1 Å². The van der Waals surface area contributed by atoms with Crippen molar-refractivity contribution in [3.8, 4) is 11.5 Å². The van der Waals surface area contributed by atoms with Gasteiger partial charge in [0.25, 0.3) is 11.8 Å². The van der Waals surface area contributed by atoms with E-state index in [1.165, 1.54) is 25.6 Å². The quantitative estimate of drug-likeness (QED) is 0.417. The standard InChI is InChI=1S/C30H34N4O4/c1-20(32-30(36)28-5-3-4-27(33-28)29(35)31-2)22-8-12-25(13-9-22)38-26-16-17-34(18-26)23-10-14-24(15-11-23)37-19-21-6-7-21/h3-5,8-15,20-21,26H,6-7,16-19H2,1-2H3,(H,31,35)(H,32,36)/t20-,26+/m0/s1. The molecule has 2 atom stereocenters. The van der Waals surface area contributed by atoms with Crippen LogP contribution in [0.15, 0.2) is 66.7 Å². The van der Waals surface area contributed by atoms with E-state index in [2.05, 4.69) is 44.8 Å². The Morgan fingerprint density at radius 2 is 1.63 bits per heavy atom. The molecule has 0 bridgehead atoms. The van der Waals surface area contributed by atoms with Gasteiger partial charge >= 0.3 is 0 Å². The predicted molar refractivity (Wildman–Crippen MR) is 146 cm³/mol. The Morgan fingerprint density at radius 3 is 2.32 bits per heavy atom. The van der Waals surface area contributed by atoms with Gasteiger partial charge in [0.2, 0.25) is 0 Å². The van der Waals surface area contributed by atoms with Crippen LogP contribution in [0.1, 0.15) is 58.8 Å². The maximum atomic E-state index is 12.7. The molecule has 2 fully saturated rings. The van der Waals surface area contributed by atoms with Gasteiger partial charge in [-0.25, -0.2) is 4.98 Å². The van der Waals surface area contributed by atoms with E-state index in [1.54, 1.807) is 18.2 Å². The van der Waals surface area contributed by atoms with Gasteiger partial charge in [0, 0.05) is 25.7 Å². The summed E-state index contributed by atoms with van der Waals surface area (Å²) in [6.07, 6.45) is 3.65. The third-order valence-corrected chi connectivity index (χ3v) is 7.00. The lowest BCUT2D eigenvalue weighted by atomic mass is 10.1. The maximum Gasteiger partial charge on any atom is 0.270 e. The number of nitrogens with one attached hydrogen (secondary N) is 2. The van der Waals surface area contributed by atoms with Crippen LogP contribution in [-0.4, -0.2) is 49.6 Å². The third kappa shape index (κ3) is 6.43. The number of rotatable bonds is 10. The number of anilines is 1. The van der Waals surface area contributed by atoms with E-state index in [-0.39, 0.29) is 35.3 Å². The van der Waals surface area contributed by atoms with E-state index in [0.29, 0.717) is 0 Å². The van der Waals surface area contributed by atoms with Gasteiger partial charge in [-0.15, -0.1) is 0 Å². The fourth-order valence-corrected chi connectivity index (χ4v) is 4.51. The number of hydrogen-bond acceptors (Lipinski definition) is 6. The highest BCUT2D eigenvalue weighted by atomic mass is 16.5. The van der Waals surface area contributed by atoms with E-state index in [0.717, 1.165) is 49.1 Å². The number of amides is 2. The molecular formula is C30H34N4O4. The van der Waals surface area contributed by atoms with Gasteiger partial charge in [0.15, 0.2) is 0 Å². The summed E-state index contributed by atoms with van der Waals surface area (Å²) in [4.78, 5) is 31.0. The number of aromatic nitrogens is 1. The van der Waals surface area contributed by atoms with E-state index >= 15 is 0 Å². The fourth-order valence-electron chi connectivity index (χ4n) is 4.51. The van der Waals surface area contributed by atoms with Crippen LogP contribution >= 0.6 is 0 Å². The summed E-state index contributed by atoms with van der Waals surface area (Å²) < 4.78 is 12.1. The minimum absolute atomic E-state index is 0.113. The van der Waals surface area contributed by atoms with Crippen LogP contribution < -0.4 is 25.0 Å². The molecule has 2 heterocycles. The van der Waals surface area contributed by atoms with Gasteiger partial charge in [-0.3, -0.25) is 9.59 Å². The lowest BCUT2D eigenvalue weighted by molar-refractivity contribution is 0.0934. The lowest BCUT2D eigenvalue weighted by Crippen LogP contribution is -2.28. The first kappa shape index (κ1) is 25.6. The van der Waals surface area contributed by atoms with Gasteiger partial charge < -0.3 is 25.0 Å². The molecule has 1 aliphatic carbocycles. The number of carbonyl (C=O) groups excluding carboxylic acids is 2. The minimum Gasteiger partial charge on any atom is -0.493 e. The molecule has 1 aliphatic heterocycles. The molecule has 5 rings (SSSR count). The SMILES string of the molecule is CNC(=O)c1cccc(C(=O)N[C@@H](C)c2ccc(O[C@@H]3CCN(c4ccc(OCC5CC5)cc4)C3)cc2)n1. The van der Waals surface area contributed by atoms with E-state index in [9.17, 15) is 9.59 Å². The molecule has 198 valence electrons. The highest BCUT2D eigenvalue weighted by Crippen LogP contribution is 2.30. The van der Waals surface area contributed by atoms with Crippen molar-refractivity contribution in [2.45, 2.75) is 38.3 Å². The third-order valence-electron chi connectivity index (χ3n) is 7.00. The Hall–Kier alpha value is -4.07. The summed E-state index contributed by atoms with van der Waals surface area (Å²) in [7, 11) is 1.53. The number of pyridine rings is 1. The Kier molecular flexibility index (Phi) is 7.77. The molecular weight excluding hydrogens is 480 g/mol. The van der Waals surface area contributed by atoms with Crippen molar-refractivity contribution in [1.29, 1.82) is 0 Å². The Bertz CT molecular complexity index is 1260. The van der Waals surface area contributed by atoms with Gasteiger partial charge in [-0.1, -0.05) is 18.2 Å². The molecule has 2 aromatic carbocycles. The second-order valence-corrected chi connectivity index (χ2v) is 9.97. The minimum atomic E-state index is -0.336. The zero-order valence-corrected chi connectivity index (χ0v) is 21.9. The van der Waals surface area contributed by atoms with Gasteiger partial charge in [-0.05, 0) is 79.8 Å². The topological polar surface area (TPSA) is 92.8 Å². The van der Waals surface area contributed by atoms with Gasteiger partial charge in [0.05, 0.1) is 19.2 Å². The molecule has 2 amide bonds. The molecule has 2 aliphatic rings. The van der Waals surface area contributed by atoms with Crippen LogP contribution in [0.4, 0.5) is 5.69 Å². The van der Waals surface area contributed by atoms with Crippen LogP contribution in [0.5, 0.6) is 11.5 Å². The highest BCUT2D eigenvalue weighted by Gasteiger charge is 2.25. The normalized spacial score (nSPS) is 17.5. The molecule has 0 spiro atoms. The van der Waals surface area contributed by atoms with Crippen LogP contribution in [0.25, 0.3) is 0 Å². The van der Waals surface area contributed by atoms with Crippen molar-refractivity contribution in [3.63, 3.8) is 0 Å². The molecule has 8 heteroatoms. The lowest BCUT2D eigenvalue weighted by Gasteiger charge is -2.20. The second-order valence-electron chi connectivity index (χ2n) is 9.97. The summed E-state index contributed by atoms with van der Waals surface area (Å²) in [6.45, 7) is 4.52. The Labute approximate surface area is 223 Å². The first-order valence-corrected chi connectivity index (χ1v) is 13.2.